The summed E-state index contributed by atoms with van der Waals surface area (Å²) in [6.45, 7) is 1.36. The van der Waals surface area contributed by atoms with Gasteiger partial charge in [-0.1, -0.05) is 6.07 Å². The van der Waals surface area contributed by atoms with Crippen molar-refractivity contribution in [3.05, 3.63) is 64.1 Å². The molecule has 4 rings (SSSR count). The van der Waals surface area contributed by atoms with Crippen LogP contribution in [0.2, 0.25) is 0 Å². The molecule has 2 aromatic carbocycles. The van der Waals surface area contributed by atoms with E-state index in [1.807, 2.05) is 4.90 Å². The molecule has 1 fully saturated rings. The van der Waals surface area contributed by atoms with E-state index in [1.54, 1.807) is 56.7 Å². The van der Waals surface area contributed by atoms with Crippen LogP contribution in [0, 0.1) is 0 Å². The number of hydrogen-bond acceptors (Lipinski definition) is 5. The number of nitrogens with zero attached hydrogens (tertiary/aromatic N) is 3. The number of likely N-dealkylation sites (tertiary alicyclic amines) is 1. The molecule has 1 aromatic heterocycles. The second kappa shape index (κ2) is 9.59. The van der Waals surface area contributed by atoms with E-state index in [0.29, 0.717) is 52.2 Å². The Morgan fingerprint density at radius 2 is 1.56 bits per heavy atom. The number of hydrogen-bond donors (Lipinski definition) is 0. The number of piperidine rings is 1. The van der Waals surface area contributed by atoms with Gasteiger partial charge in [-0.15, -0.1) is 0 Å². The Morgan fingerprint density at radius 1 is 0.912 bits per heavy atom. The predicted octanol–water partition coefficient (Wildman–Crippen LogP) is 3.34. The van der Waals surface area contributed by atoms with Gasteiger partial charge in [0.05, 0.1) is 25.2 Å². The second-order valence-electron chi connectivity index (χ2n) is 8.57. The van der Waals surface area contributed by atoms with Crippen molar-refractivity contribution in [2.24, 2.45) is 0 Å². The van der Waals surface area contributed by atoms with Gasteiger partial charge in [-0.25, -0.2) is 0 Å². The first kappa shape index (κ1) is 23.4. The lowest BCUT2D eigenvalue weighted by Gasteiger charge is -2.27. The van der Waals surface area contributed by atoms with Gasteiger partial charge in [-0.2, -0.15) is 0 Å². The Labute approximate surface area is 198 Å². The number of ether oxygens (including phenoxy) is 2. The predicted molar refractivity (Wildman–Crippen MR) is 130 cm³/mol. The van der Waals surface area contributed by atoms with Crippen molar-refractivity contribution in [3.8, 4) is 17.2 Å². The SMILES string of the molecule is COc1cc2c(C(=O)N3CCCCC3)cn(-c3cccc(C(=O)N(C)C)c3)c(=O)c2cc1OC. The Hall–Kier alpha value is -3.81. The van der Waals surface area contributed by atoms with E-state index in [-0.39, 0.29) is 17.4 Å². The van der Waals surface area contributed by atoms with Crippen molar-refractivity contribution < 1.29 is 19.1 Å². The third-order valence-electron chi connectivity index (χ3n) is 6.17. The lowest BCUT2D eigenvalue weighted by atomic mass is 10.0. The average molecular weight is 464 g/mol. The van der Waals surface area contributed by atoms with Crippen LogP contribution in [0.15, 0.2) is 47.4 Å². The minimum absolute atomic E-state index is 0.133. The van der Waals surface area contributed by atoms with Crippen molar-refractivity contribution in [2.75, 3.05) is 41.4 Å². The summed E-state index contributed by atoms with van der Waals surface area (Å²) in [7, 11) is 6.37. The fourth-order valence-electron chi connectivity index (χ4n) is 4.34. The molecule has 2 amide bonds. The molecule has 0 bridgehead atoms. The zero-order valence-corrected chi connectivity index (χ0v) is 20.0. The molecule has 0 radical (unpaired) electrons. The Balaban J connectivity index is 1.97. The van der Waals surface area contributed by atoms with Gasteiger partial charge in [-0.3, -0.25) is 19.0 Å². The zero-order valence-electron chi connectivity index (χ0n) is 20.0. The summed E-state index contributed by atoms with van der Waals surface area (Å²) in [5.41, 5.74) is 1.04. The molecule has 3 aromatic rings. The van der Waals surface area contributed by atoms with Gasteiger partial charge >= 0.3 is 0 Å². The minimum Gasteiger partial charge on any atom is -0.493 e. The first-order chi connectivity index (χ1) is 16.3. The number of rotatable bonds is 5. The number of carbonyl (C=O) groups is 2. The van der Waals surface area contributed by atoms with Crippen LogP contribution in [0.25, 0.3) is 16.5 Å². The molecule has 8 heteroatoms. The van der Waals surface area contributed by atoms with Crippen LogP contribution in [0.4, 0.5) is 0 Å². The maximum atomic E-state index is 13.6. The molecule has 0 aliphatic carbocycles. The molecule has 1 saturated heterocycles. The normalized spacial score (nSPS) is 13.6. The fraction of sp³-hybridized carbons (Fsp3) is 0.346. The molecule has 178 valence electrons. The van der Waals surface area contributed by atoms with Crippen LogP contribution in [0.1, 0.15) is 40.0 Å². The van der Waals surface area contributed by atoms with Crippen LogP contribution in [-0.2, 0) is 0 Å². The number of carbonyl (C=O) groups excluding carboxylic acids is 2. The summed E-state index contributed by atoms with van der Waals surface area (Å²) < 4.78 is 12.3. The topological polar surface area (TPSA) is 81.1 Å². The van der Waals surface area contributed by atoms with Crippen molar-refractivity contribution in [3.63, 3.8) is 0 Å². The van der Waals surface area contributed by atoms with E-state index in [1.165, 1.54) is 23.7 Å². The standard InChI is InChI=1S/C26H29N3O5/c1-27(2)24(30)17-9-8-10-18(13-17)29-16-21(25(31)28-11-6-5-7-12-28)19-14-22(33-3)23(34-4)15-20(19)26(29)32/h8-10,13-16H,5-7,11-12H2,1-4H3. The van der Waals surface area contributed by atoms with Gasteiger partial charge < -0.3 is 19.3 Å². The summed E-state index contributed by atoms with van der Waals surface area (Å²) in [5.74, 6) is 0.536. The van der Waals surface area contributed by atoms with Crippen LogP contribution < -0.4 is 15.0 Å². The average Bonchev–Trinajstić information content (AvgIpc) is 2.87. The van der Waals surface area contributed by atoms with Gasteiger partial charge in [0.15, 0.2) is 11.5 Å². The number of aromatic nitrogens is 1. The highest BCUT2D eigenvalue weighted by molar-refractivity contribution is 6.07. The Bertz CT molecular complexity index is 1310. The minimum atomic E-state index is -0.319. The van der Waals surface area contributed by atoms with Crippen molar-refractivity contribution in [2.45, 2.75) is 19.3 Å². The quantitative estimate of drug-likeness (QED) is 0.580. The molecule has 8 nitrogen and oxygen atoms in total. The fourth-order valence-corrected chi connectivity index (χ4v) is 4.34. The zero-order chi connectivity index (χ0) is 24.4. The molecule has 0 unspecified atom stereocenters. The maximum Gasteiger partial charge on any atom is 0.263 e. The number of pyridine rings is 1. The Kier molecular flexibility index (Phi) is 6.58. The highest BCUT2D eigenvalue weighted by atomic mass is 16.5. The summed E-state index contributed by atoms with van der Waals surface area (Å²) in [6, 6.07) is 10.1. The van der Waals surface area contributed by atoms with Crippen LogP contribution in [0.3, 0.4) is 0 Å². The maximum absolute atomic E-state index is 13.6. The van der Waals surface area contributed by atoms with Crippen LogP contribution in [0.5, 0.6) is 11.5 Å². The number of methoxy groups -OCH3 is 2. The summed E-state index contributed by atoms with van der Waals surface area (Å²) in [4.78, 5) is 43.0. The van der Waals surface area contributed by atoms with E-state index in [9.17, 15) is 14.4 Å². The van der Waals surface area contributed by atoms with Gasteiger partial charge in [0.2, 0.25) is 0 Å². The highest BCUT2D eigenvalue weighted by Gasteiger charge is 2.24. The van der Waals surface area contributed by atoms with Crippen molar-refractivity contribution >= 4 is 22.6 Å². The second-order valence-corrected chi connectivity index (χ2v) is 8.57. The molecular formula is C26H29N3O5. The third kappa shape index (κ3) is 4.23. The molecule has 1 aliphatic rings. The smallest absolute Gasteiger partial charge is 0.263 e. The van der Waals surface area contributed by atoms with E-state index >= 15 is 0 Å². The van der Waals surface area contributed by atoms with Gasteiger partial charge in [-0.05, 0) is 49.6 Å². The molecule has 1 aliphatic heterocycles. The van der Waals surface area contributed by atoms with E-state index < -0.39 is 0 Å². The molecule has 2 heterocycles. The van der Waals surface area contributed by atoms with Crippen LogP contribution >= 0.6 is 0 Å². The van der Waals surface area contributed by atoms with Crippen LogP contribution in [-0.4, -0.2) is 67.6 Å². The van der Waals surface area contributed by atoms with E-state index in [4.69, 9.17) is 9.47 Å². The first-order valence-corrected chi connectivity index (χ1v) is 11.3. The molecule has 0 atom stereocenters. The first-order valence-electron chi connectivity index (χ1n) is 11.3. The molecule has 0 spiro atoms. The van der Waals surface area contributed by atoms with E-state index in [0.717, 1.165) is 19.3 Å². The monoisotopic (exact) mass is 463 g/mol. The highest BCUT2D eigenvalue weighted by Crippen LogP contribution is 2.33. The molecule has 0 saturated carbocycles. The Morgan fingerprint density at radius 3 is 2.18 bits per heavy atom. The van der Waals surface area contributed by atoms with Gasteiger partial charge in [0.25, 0.3) is 17.4 Å². The van der Waals surface area contributed by atoms with Crippen molar-refractivity contribution in [1.82, 2.24) is 14.4 Å². The summed E-state index contributed by atoms with van der Waals surface area (Å²) >= 11 is 0. The summed E-state index contributed by atoms with van der Waals surface area (Å²) in [6.07, 6.45) is 4.58. The number of fused-ring (bicyclic) bond motifs is 1. The molecular weight excluding hydrogens is 434 g/mol. The van der Waals surface area contributed by atoms with Crippen molar-refractivity contribution in [1.29, 1.82) is 0 Å². The third-order valence-corrected chi connectivity index (χ3v) is 6.17. The molecule has 34 heavy (non-hydrogen) atoms. The lowest BCUT2D eigenvalue weighted by Crippen LogP contribution is -2.36. The van der Waals surface area contributed by atoms with E-state index in [2.05, 4.69) is 0 Å². The lowest BCUT2D eigenvalue weighted by molar-refractivity contribution is 0.0725. The van der Waals surface area contributed by atoms with Gasteiger partial charge in [0.1, 0.15) is 0 Å². The largest absolute Gasteiger partial charge is 0.493 e. The molecule has 0 N–H and O–H groups in total. The number of benzene rings is 2. The summed E-state index contributed by atoms with van der Waals surface area (Å²) in [5, 5.41) is 0.847. The van der Waals surface area contributed by atoms with Gasteiger partial charge in [0, 0.05) is 50.0 Å². The number of amides is 2.